The minimum Gasteiger partial charge on any atom is -0.481 e. The largest absolute Gasteiger partial charge is 0.481 e. The fraction of sp³-hybridized carbons (Fsp3) is 0.438. The number of halogens is 2. The van der Waals surface area contributed by atoms with Crippen molar-refractivity contribution in [3.63, 3.8) is 0 Å². The third-order valence-corrected chi connectivity index (χ3v) is 11.2. The van der Waals surface area contributed by atoms with Gasteiger partial charge in [-0.1, -0.05) is 67.4 Å². The summed E-state index contributed by atoms with van der Waals surface area (Å²) in [6.07, 6.45) is 2.37. The molecule has 0 radical (unpaired) electrons. The predicted octanol–water partition coefficient (Wildman–Crippen LogP) is 7.85. The van der Waals surface area contributed by atoms with E-state index in [4.69, 9.17) is 27.9 Å². The summed E-state index contributed by atoms with van der Waals surface area (Å²) in [5.74, 6) is 0.800. The fourth-order valence-electron chi connectivity index (χ4n) is 6.59. The molecule has 3 heterocycles. The average Bonchev–Trinajstić information content (AvgIpc) is 3.31. The third kappa shape index (κ3) is 6.44. The van der Waals surface area contributed by atoms with Crippen LogP contribution >= 0.6 is 34.0 Å². The van der Waals surface area contributed by atoms with E-state index in [9.17, 15) is 13.9 Å². The van der Waals surface area contributed by atoms with Crippen molar-refractivity contribution >= 4 is 39.9 Å². The number of hydrogen-bond donors (Lipinski definition) is 2. The molecule has 2 fully saturated rings. The molecule has 2 saturated heterocycles. The van der Waals surface area contributed by atoms with Crippen LogP contribution in [0, 0.1) is 5.41 Å². The first-order chi connectivity index (χ1) is 20.0. The molecular weight excluding hydrogens is 593 g/mol. The summed E-state index contributed by atoms with van der Waals surface area (Å²) in [6, 6.07) is 20.7. The lowest BCUT2D eigenvalue weighted by Gasteiger charge is -2.53. The lowest BCUT2D eigenvalue weighted by Crippen LogP contribution is -2.58. The van der Waals surface area contributed by atoms with Crippen molar-refractivity contribution in [2.24, 2.45) is 5.41 Å². The number of aromatic nitrogens is 1. The Bertz CT molecular complexity index is 1410. The molecule has 42 heavy (non-hydrogen) atoms. The molecule has 7 nitrogen and oxygen atoms in total. The summed E-state index contributed by atoms with van der Waals surface area (Å²) in [5, 5.41) is 1.26. The molecular formula is C32H39Cl2N3O4S. The van der Waals surface area contributed by atoms with Crippen molar-refractivity contribution < 1.29 is 18.6 Å². The van der Waals surface area contributed by atoms with Crippen LogP contribution in [0.4, 0.5) is 0 Å². The van der Waals surface area contributed by atoms with Gasteiger partial charge in [0.2, 0.25) is 11.8 Å². The lowest BCUT2D eigenvalue weighted by atomic mass is 9.66. The molecule has 226 valence electrons. The first-order valence-electron chi connectivity index (χ1n) is 14.4. The van der Waals surface area contributed by atoms with E-state index < -0.39 is 16.2 Å². The highest BCUT2D eigenvalue weighted by Gasteiger charge is 2.52. The number of ether oxygens (including phenoxy) is 1. The maximum atomic E-state index is 14.9. The van der Waals surface area contributed by atoms with Crippen LogP contribution in [0.3, 0.4) is 0 Å². The first-order valence-corrected chi connectivity index (χ1v) is 16.8. The van der Waals surface area contributed by atoms with Gasteiger partial charge in [0.1, 0.15) is 0 Å². The third-order valence-electron chi connectivity index (χ3n) is 8.67. The van der Waals surface area contributed by atoms with Gasteiger partial charge in [-0.05, 0) is 60.7 Å². The number of piperidine rings is 1. The van der Waals surface area contributed by atoms with E-state index in [0.29, 0.717) is 54.0 Å². The van der Waals surface area contributed by atoms with Crippen LogP contribution in [0.2, 0.25) is 10.0 Å². The zero-order valence-corrected chi connectivity index (χ0v) is 26.6. The molecule has 3 aromatic rings. The number of amides is 1. The van der Waals surface area contributed by atoms with E-state index >= 15 is 0 Å². The Kier molecular flexibility index (Phi) is 9.42. The van der Waals surface area contributed by atoms with Crippen LogP contribution in [0.25, 0.3) is 0 Å². The van der Waals surface area contributed by atoms with E-state index in [2.05, 4.69) is 18.0 Å². The summed E-state index contributed by atoms with van der Waals surface area (Å²) in [5.41, 5.74) is 2.01. The van der Waals surface area contributed by atoms with Gasteiger partial charge in [0.05, 0.1) is 24.3 Å². The zero-order valence-electron chi connectivity index (χ0n) is 24.2. The number of hydrogen-bond acceptors (Lipinski definition) is 6. The topological polar surface area (TPSA) is 86.1 Å². The normalized spacial score (nSPS) is 25.8. The monoisotopic (exact) mass is 631 g/mol. The molecule has 2 aliphatic heterocycles. The summed E-state index contributed by atoms with van der Waals surface area (Å²) in [7, 11) is -1.27. The van der Waals surface area contributed by atoms with Crippen LogP contribution in [0.5, 0.6) is 5.88 Å². The molecule has 0 aliphatic carbocycles. The number of rotatable bonds is 9. The Morgan fingerprint density at radius 3 is 2.45 bits per heavy atom. The Morgan fingerprint density at radius 2 is 1.81 bits per heavy atom. The van der Waals surface area contributed by atoms with E-state index in [1.807, 2.05) is 66.4 Å². The van der Waals surface area contributed by atoms with E-state index in [1.165, 1.54) is 0 Å². The standard InChI is InChI=1S/C32H39Cl2N3O4S/c1-4-27(21-36-16-7-17-42(36,39)40)37-30(22-12-14-24(33)15-13-22)28(23-8-5-9-25(34)18-23)20-32(2,31(37)38)19-26-10-6-11-29(35-26)41-3/h5-6,8-15,18,27-28,30,39-40H,4,7,16-17,19-21H2,1-3H3/t27?,28-,30-,32-/m1/s1. The molecule has 4 atom stereocenters. The Labute approximate surface area is 260 Å². The minimum absolute atomic E-state index is 0.0212. The van der Waals surface area contributed by atoms with Gasteiger partial charge in [-0.25, -0.2) is 9.29 Å². The quantitative estimate of drug-likeness (QED) is 0.250. The minimum atomic E-state index is -2.86. The van der Waals surface area contributed by atoms with Crippen molar-refractivity contribution in [2.45, 2.75) is 57.5 Å². The number of benzene rings is 2. The van der Waals surface area contributed by atoms with Gasteiger partial charge in [0.15, 0.2) is 0 Å². The average molecular weight is 633 g/mol. The molecule has 1 amide bonds. The number of nitrogens with zero attached hydrogens (tertiary/aromatic N) is 3. The van der Waals surface area contributed by atoms with Crippen molar-refractivity contribution in [1.29, 1.82) is 0 Å². The van der Waals surface area contributed by atoms with Crippen LogP contribution in [0.15, 0.2) is 66.7 Å². The van der Waals surface area contributed by atoms with Crippen LogP contribution in [-0.2, 0) is 11.2 Å². The highest BCUT2D eigenvalue weighted by molar-refractivity contribution is 8.22. The number of carbonyl (C=O) groups is 1. The summed E-state index contributed by atoms with van der Waals surface area (Å²) in [6.45, 7) is 5.05. The van der Waals surface area contributed by atoms with Crippen molar-refractivity contribution in [2.75, 3.05) is 26.0 Å². The van der Waals surface area contributed by atoms with Gasteiger partial charge in [-0.3, -0.25) is 13.9 Å². The molecule has 2 N–H and O–H groups in total. The van der Waals surface area contributed by atoms with Gasteiger partial charge in [0.25, 0.3) is 0 Å². The van der Waals surface area contributed by atoms with Gasteiger partial charge < -0.3 is 9.64 Å². The van der Waals surface area contributed by atoms with Crippen LogP contribution in [0.1, 0.15) is 61.9 Å². The Hall–Kier alpha value is -2.33. The number of likely N-dealkylation sites (tertiary alicyclic amines) is 1. The van der Waals surface area contributed by atoms with Crippen LogP contribution < -0.4 is 4.74 Å². The van der Waals surface area contributed by atoms with Gasteiger partial charge in [-0.2, -0.15) is 0 Å². The number of methoxy groups -OCH3 is 1. The summed E-state index contributed by atoms with van der Waals surface area (Å²) >= 11 is 12.8. The molecule has 1 unspecified atom stereocenters. The zero-order chi connectivity index (χ0) is 30.1. The Balaban J connectivity index is 1.64. The van der Waals surface area contributed by atoms with E-state index in [-0.39, 0.29) is 23.9 Å². The maximum absolute atomic E-state index is 14.9. The second-order valence-electron chi connectivity index (χ2n) is 11.6. The molecule has 0 bridgehead atoms. The lowest BCUT2D eigenvalue weighted by molar-refractivity contribution is -0.155. The van der Waals surface area contributed by atoms with Crippen molar-refractivity contribution in [3.05, 3.63) is 93.6 Å². The smallest absolute Gasteiger partial charge is 0.229 e. The predicted molar refractivity (Wildman–Crippen MR) is 170 cm³/mol. The van der Waals surface area contributed by atoms with Crippen molar-refractivity contribution in [1.82, 2.24) is 14.2 Å². The van der Waals surface area contributed by atoms with E-state index in [1.54, 1.807) is 17.5 Å². The van der Waals surface area contributed by atoms with Gasteiger partial charge in [-0.15, -0.1) is 10.8 Å². The highest BCUT2D eigenvalue weighted by atomic mass is 35.5. The molecule has 1 aromatic heterocycles. The van der Waals surface area contributed by atoms with Crippen molar-refractivity contribution in [3.8, 4) is 5.88 Å². The van der Waals surface area contributed by atoms with Gasteiger partial charge in [0, 0.05) is 53.3 Å². The summed E-state index contributed by atoms with van der Waals surface area (Å²) in [4.78, 5) is 21.6. The fourth-order valence-corrected chi connectivity index (χ4v) is 8.52. The highest BCUT2D eigenvalue weighted by Crippen LogP contribution is 2.53. The summed E-state index contributed by atoms with van der Waals surface area (Å²) < 4.78 is 28.7. The SMILES string of the molecule is CCC(CN1CCCS1(O)O)N1C(=O)[C@](C)(Cc2cccc(OC)n2)C[C@H](c2cccc(Cl)c2)[C@H]1c1ccc(Cl)cc1. The second kappa shape index (κ2) is 12.7. The molecule has 0 saturated carbocycles. The molecule has 2 aliphatic rings. The molecule has 0 spiro atoms. The molecule has 2 aromatic carbocycles. The number of carbonyl (C=O) groups excluding carboxylic acids is 1. The Morgan fingerprint density at radius 1 is 1.07 bits per heavy atom. The van der Waals surface area contributed by atoms with E-state index in [0.717, 1.165) is 23.2 Å². The molecule has 10 heteroatoms. The van der Waals surface area contributed by atoms with Gasteiger partial charge >= 0.3 is 0 Å². The molecule has 5 rings (SSSR count). The maximum Gasteiger partial charge on any atom is 0.229 e. The van der Waals surface area contributed by atoms with Crippen LogP contribution in [-0.4, -0.2) is 61.2 Å². The number of pyridine rings is 1. The first kappa shape index (κ1) is 31.1. The second-order valence-corrected chi connectivity index (χ2v) is 14.7.